The number of aliphatic carboxylic acids is 1. The molecule has 6 nitrogen and oxygen atoms in total. The first-order chi connectivity index (χ1) is 5.57. The van der Waals surface area contributed by atoms with E-state index in [9.17, 15) is 4.79 Å². The van der Waals surface area contributed by atoms with E-state index < -0.39 is 12.0 Å². The van der Waals surface area contributed by atoms with Gasteiger partial charge in [0.2, 0.25) is 0 Å². The molecule has 0 bridgehead atoms. The van der Waals surface area contributed by atoms with Gasteiger partial charge in [0.05, 0.1) is 0 Å². The van der Waals surface area contributed by atoms with E-state index in [-0.39, 0.29) is 5.96 Å². The SMILES string of the molecule is NCCC[C@H](N=C(N)N)C(=O)O. The molecule has 0 amide bonds. The molecule has 0 rings (SSSR count). The van der Waals surface area contributed by atoms with Crippen molar-refractivity contribution < 1.29 is 9.90 Å². The highest BCUT2D eigenvalue weighted by Crippen LogP contribution is 2.00. The van der Waals surface area contributed by atoms with Crippen molar-refractivity contribution in [3.8, 4) is 0 Å². The van der Waals surface area contributed by atoms with Crippen molar-refractivity contribution >= 4 is 11.9 Å². The maximum Gasteiger partial charge on any atom is 0.328 e. The third-order valence-electron chi connectivity index (χ3n) is 1.27. The molecule has 0 aliphatic carbocycles. The van der Waals surface area contributed by atoms with Gasteiger partial charge in [0.1, 0.15) is 0 Å². The van der Waals surface area contributed by atoms with Crippen molar-refractivity contribution in [3.05, 3.63) is 0 Å². The zero-order valence-electron chi connectivity index (χ0n) is 6.73. The summed E-state index contributed by atoms with van der Waals surface area (Å²) >= 11 is 0. The third kappa shape index (κ3) is 4.51. The van der Waals surface area contributed by atoms with Crippen molar-refractivity contribution in [2.75, 3.05) is 6.54 Å². The second kappa shape index (κ2) is 5.36. The lowest BCUT2D eigenvalue weighted by Crippen LogP contribution is -2.29. The van der Waals surface area contributed by atoms with E-state index in [4.69, 9.17) is 22.3 Å². The molecule has 0 heterocycles. The zero-order valence-corrected chi connectivity index (χ0v) is 6.73. The molecule has 7 N–H and O–H groups in total. The highest BCUT2D eigenvalue weighted by atomic mass is 16.4. The summed E-state index contributed by atoms with van der Waals surface area (Å²) in [5, 5.41) is 8.59. The number of hydrogen-bond donors (Lipinski definition) is 4. The molecular weight excluding hydrogens is 160 g/mol. The summed E-state index contributed by atoms with van der Waals surface area (Å²) in [6.07, 6.45) is 0.956. The van der Waals surface area contributed by atoms with Gasteiger partial charge in [-0.25, -0.2) is 9.79 Å². The fourth-order valence-electron chi connectivity index (χ4n) is 0.734. The van der Waals surface area contributed by atoms with E-state index in [1.807, 2.05) is 0 Å². The van der Waals surface area contributed by atoms with Crippen LogP contribution < -0.4 is 17.2 Å². The van der Waals surface area contributed by atoms with E-state index in [1.165, 1.54) is 0 Å². The van der Waals surface area contributed by atoms with Gasteiger partial charge in [0, 0.05) is 0 Å². The van der Waals surface area contributed by atoms with Crippen LogP contribution in [0.2, 0.25) is 0 Å². The molecule has 0 saturated carbocycles. The summed E-state index contributed by atoms with van der Waals surface area (Å²) in [4.78, 5) is 14.0. The number of carboxylic acids is 1. The van der Waals surface area contributed by atoms with Crippen molar-refractivity contribution in [3.63, 3.8) is 0 Å². The Balaban J connectivity index is 4.05. The lowest BCUT2D eigenvalue weighted by Gasteiger charge is -2.05. The zero-order chi connectivity index (χ0) is 9.56. The number of aliphatic imine (C=N–C) groups is 1. The van der Waals surface area contributed by atoms with Crippen molar-refractivity contribution in [2.45, 2.75) is 18.9 Å². The molecule has 0 aromatic heterocycles. The van der Waals surface area contributed by atoms with Crippen LogP contribution in [0.1, 0.15) is 12.8 Å². The molecule has 0 aliphatic heterocycles. The number of nitrogens with two attached hydrogens (primary N) is 3. The maximum atomic E-state index is 10.5. The molecule has 0 aromatic rings. The second-order valence-electron chi connectivity index (χ2n) is 2.34. The number of carbonyl (C=O) groups is 1. The fraction of sp³-hybridized carbons (Fsp3) is 0.667. The maximum absolute atomic E-state index is 10.5. The van der Waals surface area contributed by atoms with Gasteiger partial charge in [-0.15, -0.1) is 0 Å². The molecule has 0 radical (unpaired) electrons. The third-order valence-corrected chi connectivity index (χ3v) is 1.27. The molecule has 0 aromatic carbocycles. The van der Waals surface area contributed by atoms with Crippen LogP contribution in [-0.2, 0) is 4.79 Å². The van der Waals surface area contributed by atoms with Crippen molar-refractivity contribution in [1.82, 2.24) is 0 Å². The number of guanidine groups is 1. The Labute approximate surface area is 70.4 Å². The largest absolute Gasteiger partial charge is 0.480 e. The Bertz CT molecular complexity index is 176. The van der Waals surface area contributed by atoms with Gasteiger partial charge in [-0.05, 0) is 19.4 Å². The minimum Gasteiger partial charge on any atom is -0.480 e. The van der Waals surface area contributed by atoms with Crippen LogP contribution in [0, 0.1) is 0 Å². The normalized spacial score (nSPS) is 12.1. The Hall–Kier alpha value is -1.30. The van der Waals surface area contributed by atoms with Crippen LogP contribution in [-0.4, -0.2) is 29.6 Å². The Morgan fingerprint density at radius 3 is 2.42 bits per heavy atom. The molecule has 70 valence electrons. The number of rotatable bonds is 5. The minimum atomic E-state index is -1.03. The average Bonchev–Trinajstić information content (AvgIpc) is 1.96. The van der Waals surface area contributed by atoms with Gasteiger partial charge in [0.25, 0.3) is 0 Å². The van der Waals surface area contributed by atoms with Crippen LogP contribution in [0.25, 0.3) is 0 Å². The fourth-order valence-corrected chi connectivity index (χ4v) is 0.734. The minimum absolute atomic E-state index is 0.209. The van der Waals surface area contributed by atoms with Crippen LogP contribution in [0.15, 0.2) is 4.99 Å². The lowest BCUT2D eigenvalue weighted by molar-refractivity contribution is -0.138. The molecule has 0 fully saturated rings. The number of nitrogens with zero attached hydrogens (tertiary/aromatic N) is 1. The molecular formula is C6H14N4O2. The molecule has 0 saturated heterocycles. The van der Waals surface area contributed by atoms with Gasteiger partial charge in [0.15, 0.2) is 12.0 Å². The van der Waals surface area contributed by atoms with Gasteiger partial charge in [-0.3, -0.25) is 0 Å². The summed E-state index contributed by atoms with van der Waals surface area (Å²) in [5.41, 5.74) is 15.3. The predicted molar refractivity (Wildman–Crippen MR) is 45.5 cm³/mol. The number of hydrogen-bond acceptors (Lipinski definition) is 3. The molecule has 0 spiro atoms. The Kier molecular flexibility index (Phi) is 4.78. The van der Waals surface area contributed by atoms with Gasteiger partial charge < -0.3 is 22.3 Å². The first-order valence-corrected chi connectivity index (χ1v) is 3.59. The summed E-state index contributed by atoms with van der Waals surface area (Å²) in [7, 11) is 0. The van der Waals surface area contributed by atoms with Crippen LogP contribution in [0.5, 0.6) is 0 Å². The molecule has 6 heteroatoms. The van der Waals surface area contributed by atoms with E-state index >= 15 is 0 Å². The summed E-state index contributed by atoms with van der Waals surface area (Å²) in [6.45, 7) is 0.434. The summed E-state index contributed by atoms with van der Waals surface area (Å²) in [6, 6.07) is -0.862. The summed E-state index contributed by atoms with van der Waals surface area (Å²) < 4.78 is 0. The van der Waals surface area contributed by atoms with E-state index in [2.05, 4.69) is 4.99 Å². The van der Waals surface area contributed by atoms with Crippen LogP contribution in [0.4, 0.5) is 0 Å². The Morgan fingerprint density at radius 1 is 1.50 bits per heavy atom. The first kappa shape index (κ1) is 10.7. The predicted octanol–water partition coefficient (Wildman–Crippen LogP) is -1.55. The second-order valence-corrected chi connectivity index (χ2v) is 2.34. The highest BCUT2D eigenvalue weighted by molar-refractivity contribution is 5.81. The van der Waals surface area contributed by atoms with E-state index in [1.54, 1.807) is 0 Å². The van der Waals surface area contributed by atoms with Gasteiger partial charge in [-0.2, -0.15) is 0 Å². The van der Waals surface area contributed by atoms with Gasteiger partial charge >= 0.3 is 5.97 Å². The van der Waals surface area contributed by atoms with E-state index in [0.717, 1.165) is 0 Å². The van der Waals surface area contributed by atoms with Crippen LogP contribution in [0.3, 0.4) is 0 Å². The number of carboxylic acid groups (broad SMARTS) is 1. The summed E-state index contributed by atoms with van der Waals surface area (Å²) in [5.74, 6) is -1.24. The average molecular weight is 174 g/mol. The van der Waals surface area contributed by atoms with Crippen molar-refractivity contribution in [1.29, 1.82) is 0 Å². The van der Waals surface area contributed by atoms with Crippen LogP contribution >= 0.6 is 0 Å². The molecule has 0 unspecified atom stereocenters. The van der Waals surface area contributed by atoms with Gasteiger partial charge in [-0.1, -0.05) is 0 Å². The first-order valence-electron chi connectivity index (χ1n) is 3.59. The molecule has 1 atom stereocenters. The van der Waals surface area contributed by atoms with Crippen molar-refractivity contribution in [2.24, 2.45) is 22.2 Å². The lowest BCUT2D eigenvalue weighted by atomic mass is 10.2. The topological polar surface area (TPSA) is 128 Å². The Morgan fingerprint density at radius 2 is 2.08 bits per heavy atom. The highest BCUT2D eigenvalue weighted by Gasteiger charge is 2.14. The van der Waals surface area contributed by atoms with E-state index in [0.29, 0.717) is 19.4 Å². The quantitative estimate of drug-likeness (QED) is 0.296. The monoisotopic (exact) mass is 174 g/mol. The molecule has 12 heavy (non-hydrogen) atoms. The molecule has 0 aliphatic rings. The smallest absolute Gasteiger partial charge is 0.328 e. The standard InChI is InChI=1S/C6H14N4O2/c7-3-1-2-4(5(11)12)10-6(8)9/h4H,1-3,7H2,(H,11,12)(H4,8,9,10)/t4-/m0/s1.